The second-order valence-electron chi connectivity index (χ2n) is 7.53. The van der Waals surface area contributed by atoms with Crippen LogP contribution in [-0.2, 0) is 0 Å². The molecule has 150 valence electrons. The zero-order chi connectivity index (χ0) is 18.9. The van der Waals surface area contributed by atoms with E-state index in [1.807, 2.05) is 6.07 Å². The van der Waals surface area contributed by atoms with Crippen molar-refractivity contribution in [3.63, 3.8) is 0 Å². The molecule has 6 nitrogen and oxygen atoms in total. The summed E-state index contributed by atoms with van der Waals surface area (Å²) in [6.07, 6.45) is 4.64. The monoisotopic (exact) mass is 500 g/mol. The molecule has 2 fully saturated rings. The molecular weight excluding hydrogens is 475 g/mol. The summed E-state index contributed by atoms with van der Waals surface area (Å²) in [5.41, 5.74) is 7.70. The van der Waals surface area contributed by atoms with E-state index in [2.05, 4.69) is 62.2 Å². The summed E-state index contributed by atoms with van der Waals surface area (Å²) >= 11 is 0. The number of rotatable bonds is 3. The lowest BCUT2D eigenvalue weighted by molar-refractivity contribution is 0.378. The van der Waals surface area contributed by atoms with Gasteiger partial charge in [-0.15, -0.1) is 24.0 Å². The fourth-order valence-corrected chi connectivity index (χ4v) is 3.96. The van der Waals surface area contributed by atoms with Gasteiger partial charge in [0.25, 0.3) is 0 Å². The molecular formula is C22H25IN6. The smallest absolute Gasteiger partial charge is 0.225 e. The third-order valence-electron chi connectivity index (χ3n) is 5.70. The van der Waals surface area contributed by atoms with Crippen molar-refractivity contribution < 1.29 is 0 Å². The predicted octanol–water partition coefficient (Wildman–Crippen LogP) is 3.24. The van der Waals surface area contributed by atoms with Crippen LogP contribution < -0.4 is 10.6 Å². The summed E-state index contributed by atoms with van der Waals surface area (Å²) in [5, 5.41) is 2.58. The topological polar surface area (TPSA) is 70.6 Å². The Kier molecular flexibility index (Phi) is 5.84. The Balaban J connectivity index is 0.00000205. The molecule has 1 saturated heterocycles. The van der Waals surface area contributed by atoms with Crippen molar-refractivity contribution in [2.24, 2.45) is 10.7 Å². The molecule has 0 spiro atoms. The molecule has 5 rings (SSSR count). The largest absolute Gasteiger partial charge is 0.370 e. The minimum atomic E-state index is 0. The third-order valence-corrected chi connectivity index (χ3v) is 5.70. The van der Waals surface area contributed by atoms with Gasteiger partial charge in [-0.3, -0.25) is 0 Å². The van der Waals surface area contributed by atoms with Gasteiger partial charge in [-0.1, -0.05) is 42.5 Å². The number of aromatic nitrogens is 2. The van der Waals surface area contributed by atoms with Gasteiger partial charge in [-0.05, 0) is 28.8 Å². The summed E-state index contributed by atoms with van der Waals surface area (Å²) in [5.74, 6) is 1.94. The average molecular weight is 500 g/mol. The fraction of sp³-hybridized carbons (Fsp3) is 0.318. The van der Waals surface area contributed by atoms with E-state index in [0.29, 0.717) is 17.9 Å². The van der Waals surface area contributed by atoms with Crippen LogP contribution in [0.5, 0.6) is 0 Å². The van der Waals surface area contributed by atoms with Crippen LogP contribution in [0.4, 0.5) is 5.95 Å². The van der Waals surface area contributed by atoms with E-state index in [-0.39, 0.29) is 24.0 Å². The summed E-state index contributed by atoms with van der Waals surface area (Å²) in [7, 11) is 0. The van der Waals surface area contributed by atoms with Crippen LogP contribution in [0.2, 0.25) is 0 Å². The highest BCUT2D eigenvalue weighted by Gasteiger charge is 2.39. The first kappa shape index (κ1) is 19.9. The van der Waals surface area contributed by atoms with Gasteiger partial charge in [0.15, 0.2) is 5.96 Å². The summed E-state index contributed by atoms with van der Waals surface area (Å²) in [4.78, 5) is 17.8. The third kappa shape index (κ3) is 4.29. The van der Waals surface area contributed by atoms with Crippen molar-refractivity contribution >= 4 is 46.7 Å². The SMILES string of the molecule is I.NC(=N[C@@H]1C[C@H]1c1ccc2ccccc2c1)N1CCN(c2ncccn2)CC1. The van der Waals surface area contributed by atoms with Gasteiger partial charge >= 0.3 is 0 Å². The molecule has 1 saturated carbocycles. The number of halogens is 1. The van der Waals surface area contributed by atoms with Crippen LogP contribution in [-0.4, -0.2) is 53.0 Å². The van der Waals surface area contributed by atoms with E-state index < -0.39 is 0 Å². The van der Waals surface area contributed by atoms with Gasteiger partial charge in [-0.25, -0.2) is 15.0 Å². The minimum absolute atomic E-state index is 0. The second kappa shape index (κ2) is 8.52. The highest BCUT2D eigenvalue weighted by Crippen LogP contribution is 2.44. The molecule has 0 bridgehead atoms. The lowest BCUT2D eigenvalue weighted by Crippen LogP contribution is -2.51. The van der Waals surface area contributed by atoms with E-state index in [1.54, 1.807) is 12.4 Å². The molecule has 2 atom stereocenters. The molecule has 29 heavy (non-hydrogen) atoms. The molecule has 2 heterocycles. The molecule has 1 aliphatic carbocycles. The number of guanidine groups is 1. The maximum absolute atomic E-state index is 6.33. The van der Waals surface area contributed by atoms with E-state index in [4.69, 9.17) is 10.7 Å². The first-order valence-corrected chi connectivity index (χ1v) is 9.87. The molecule has 1 aromatic heterocycles. The lowest BCUT2D eigenvalue weighted by Gasteiger charge is -2.35. The molecule has 0 radical (unpaired) electrons. The number of anilines is 1. The minimum Gasteiger partial charge on any atom is -0.370 e. The van der Waals surface area contributed by atoms with Crippen LogP contribution >= 0.6 is 24.0 Å². The zero-order valence-electron chi connectivity index (χ0n) is 16.2. The number of nitrogens with two attached hydrogens (primary N) is 1. The van der Waals surface area contributed by atoms with Gasteiger partial charge in [0, 0.05) is 44.5 Å². The summed E-state index contributed by atoms with van der Waals surface area (Å²) in [6.45, 7) is 3.42. The first-order chi connectivity index (χ1) is 13.8. The van der Waals surface area contributed by atoms with Crippen molar-refractivity contribution in [1.29, 1.82) is 0 Å². The molecule has 3 aromatic rings. The molecule has 0 amide bonds. The Morgan fingerprint density at radius 1 is 0.931 bits per heavy atom. The van der Waals surface area contributed by atoms with E-state index >= 15 is 0 Å². The van der Waals surface area contributed by atoms with E-state index in [0.717, 1.165) is 38.5 Å². The fourth-order valence-electron chi connectivity index (χ4n) is 3.96. The van der Waals surface area contributed by atoms with Gasteiger partial charge < -0.3 is 15.5 Å². The number of nitrogens with zero attached hydrogens (tertiary/aromatic N) is 5. The maximum Gasteiger partial charge on any atom is 0.225 e. The number of aliphatic imine (C=N–C) groups is 1. The Bertz CT molecular complexity index is 1000. The summed E-state index contributed by atoms with van der Waals surface area (Å²) < 4.78 is 0. The first-order valence-electron chi connectivity index (χ1n) is 9.87. The van der Waals surface area contributed by atoms with Gasteiger partial charge in [0.05, 0.1) is 6.04 Å². The molecule has 7 heteroatoms. The van der Waals surface area contributed by atoms with Crippen LogP contribution in [0.3, 0.4) is 0 Å². The van der Waals surface area contributed by atoms with Gasteiger partial charge in [-0.2, -0.15) is 0 Å². The number of benzene rings is 2. The second-order valence-corrected chi connectivity index (χ2v) is 7.53. The Labute approximate surface area is 187 Å². The quantitative estimate of drug-likeness (QED) is 0.340. The van der Waals surface area contributed by atoms with Crippen molar-refractivity contribution in [1.82, 2.24) is 14.9 Å². The zero-order valence-corrected chi connectivity index (χ0v) is 18.5. The molecule has 1 aliphatic heterocycles. The molecule has 2 aliphatic rings. The average Bonchev–Trinajstić information content (AvgIpc) is 3.53. The van der Waals surface area contributed by atoms with Crippen LogP contribution in [0.15, 0.2) is 65.9 Å². The number of fused-ring (bicyclic) bond motifs is 1. The van der Waals surface area contributed by atoms with E-state index in [9.17, 15) is 0 Å². The maximum atomic E-state index is 6.33. The number of hydrogen-bond acceptors (Lipinski definition) is 4. The standard InChI is InChI=1S/C22H24N6.HI/c23-21(27-10-12-28(13-11-27)22-24-8-3-9-25-22)26-20-15-19(20)18-7-6-16-4-1-2-5-17(16)14-18;/h1-9,14,19-20H,10-13,15H2,(H2,23,26);1H/t19-,20+;/m0./s1. The van der Waals surface area contributed by atoms with Crippen LogP contribution in [0, 0.1) is 0 Å². The van der Waals surface area contributed by atoms with Crippen molar-refractivity contribution in [3.8, 4) is 0 Å². The summed E-state index contributed by atoms with van der Waals surface area (Å²) in [6, 6.07) is 17.4. The van der Waals surface area contributed by atoms with Crippen molar-refractivity contribution in [2.45, 2.75) is 18.4 Å². The van der Waals surface area contributed by atoms with Crippen LogP contribution in [0.1, 0.15) is 17.9 Å². The highest BCUT2D eigenvalue weighted by molar-refractivity contribution is 14.0. The molecule has 2 N–H and O–H groups in total. The molecule has 0 unspecified atom stereocenters. The van der Waals surface area contributed by atoms with Crippen LogP contribution in [0.25, 0.3) is 10.8 Å². The Morgan fingerprint density at radius 2 is 1.66 bits per heavy atom. The van der Waals surface area contributed by atoms with Crippen molar-refractivity contribution in [3.05, 3.63) is 66.5 Å². The normalized spacial score (nSPS) is 21.7. The predicted molar refractivity (Wildman–Crippen MR) is 128 cm³/mol. The van der Waals surface area contributed by atoms with Gasteiger partial charge in [0.2, 0.25) is 5.95 Å². The molecule has 2 aromatic carbocycles. The van der Waals surface area contributed by atoms with E-state index in [1.165, 1.54) is 16.3 Å². The van der Waals surface area contributed by atoms with Gasteiger partial charge in [0.1, 0.15) is 0 Å². The number of piperazine rings is 1. The van der Waals surface area contributed by atoms with Crippen molar-refractivity contribution in [2.75, 3.05) is 31.1 Å². The Hall–Kier alpha value is -2.42. The highest BCUT2D eigenvalue weighted by atomic mass is 127. The lowest BCUT2D eigenvalue weighted by atomic mass is 10.0. The number of hydrogen-bond donors (Lipinski definition) is 1. The Morgan fingerprint density at radius 3 is 2.41 bits per heavy atom.